The van der Waals surface area contributed by atoms with Gasteiger partial charge >= 0.3 is 0 Å². The fourth-order valence-corrected chi connectivity index (χ4v) is 4.77. The number of hydrogen-bond donors (Lipinski definition) is 0. The van der Waals surface area contributed by atoms with Crippen LogP contribution in [0.25, 0.3) is 0 Å². The molecular weight excluding hydrogens is 300 g/mol. The van der Waals surface area contributed by atoms with Crippen molar-refractivity contribution in [3.63, 3.8) is 0 Å². The van der Waals surface area contributed by atoms with Gasteiger partial charge in [-0.25, -0.2) is 8.42 Å². The molecule has 2 unspecified atom stereocenters. The number of methoxy groups -OCH3 is 1. The Bertz CT molecular complexity index is 591. The maximum absolute atomic E-state index is 12.8. The predicted molar refractivity (Wildman–Crippen MR) is 87.4 cm³/mol. The molecule has 0 radical (unpaired) electrons. The Labute approximate surface area is 133 Å². The molecule has 2 atom stereocenters. The lowest BCUT2D eigenvalue weighted by Crippen LogP contribution is -2.58. The van der Waals surface area contributed by atoms with Crippen LogP contribution in [0.1, 0.15) is 19.4 Å². The summed E-state index contributed by atoms with van der Waals surface area (Å²) < 4.78 is 32.4. The third-order valence-corrected chi connectivity index (χ3v) is 6.08. The molecule has 0 saturated carbocycles. The Hall–Kier alpha value is -0.950. The van der Waals surface area contributed by atoms with Crippen molar-refractivity contribution in [2.75, 3.05) is 33.4 Å². The van der Waals surface area contributed by atoms with E-state index in [1.807, 2.05) is 13.0 Å². The lowest BCUT2D eigenvalue weighted by atomic mass is 10.1. The number of aryl methyl sites for hydroxylation is 1. The van der Waals surface area contributed by atoms with Gasteiger partial charge in [0.25, 0.3) is 0 Å². The summed E-state index contributed by atoms with van der Waals surface area (Å²) in [6.07, 6.45) is 0. The predicted octanol–water partition coefficient (Wildman–Crippen LogP) is 1.72. The first-order chi connectivity index (χ1) is 10.4. The zero-order chi connectivity index (χ0) is 16.3. The minimum Gasteiger partial charge on any atom is -0.383 e. The molecule has 6 heteroatoms. The van der Waals surface area contributed by atoms with Crippen LogP contribution in [-0.4, -0.2) is 63.1 Å². The van der Waals surface area contributed by atoms with Crippen molar-refractivity contribution in [3.8, 4) is 0 Å². The molecule has 1 aliphatic heterocycles. The molecule has 5 nitrogen and oxygen atoms in total. The van der Waals surface area contributed by atoms with Crippen molar-refractivity contribution < 1.29 is 13.2 Å². The number of piperazine rings is 1. The van der Waals surface area contributed by atoms with Crippen LogP contribution in [0, 0.1) is 6.92 Å². The zero-order valence-corrected chi connectivity index (χ0v) is 14.6. The minimum atomic E-state index is -3.42. The van der Waals surface area contributed by atoms with Gasteiger partial charge in [-0.2, -0.15) is 4.31 Å². The molecule has 0 aliphatic carbocycles. The van der Waals surface area contributed by atoms with E-state index < -0.39 is 10.0 Å². The highest BCUT2D eigenvalue weighted by molar-refractivity contribution is 7.89. The van der Waals surface area contributed by atoms with Crippen LogP contribution in [-0.2, 0) is 14.8 Å². The molecule has 0 aromatic heterocycles. The van der Waals surface area contributed by atoms with E-state index in [1.165, 1.54) is 0 Å². The topological polar surface area (TPSA) is 49.9 Å². The second-order valence-electron chi connectivity index (χ2n) is 6.07. The Morgan fingerprint density at radius 3 is 2.41 bits per heavy atom. The Morgan fingerprint density at radius 1 is 1.23 bits per heavy atom. The molecular formula is C16H26N2O3S. The smallest absolute Gasteiger partial charge is 0.243 e. The second-order valence-corrected chi connectivity index (χ2v) is 8.01. The number of sulfonamides is 1. The van der Waals surface area contributed by atoms with Crippen molar-refractivity contribution in [2.24, 2.45) is 0 Å². The van der Waals surface area contributed by atoms with Crippen LogP contribution in [0.5, 0.6) is 0 Å². The fourth-order valence-electron chi connectivity index (χ4n) is 3.07. The van der Waals surface area contributed by atoms with Crippen LogP contribution in [0.2, 0.25) is 0 Å². The van der Waals surface area contributed by atoms with Gasteiger partial charge < -0.3 is 4.74 Å². The highest BCUT2D eigenvalue weighted by Gasteiger charge is 2.35. The van der Waals surface area contributed by atoms with Crippen molar-refractivity contribution in [1.29, 1.82) is 0 Å². The molecule has 2 rings (SSSR count). The molecule has 0 spiro atoms. The Kier molecular flexibility index (Phi) is 5.60. The maximum atomic E-state index is 12.8. The maximum Gasteiger partial charge on any atom is 0.243 e. The van der Waals surface area contributed by atoms with Crippen LogP contribution >= 0.6 is 0 Å². The molecule has 1 aliphatic rings. The van der Waals surface area contributed by atoms with E-state index in [9.17, 15) is 8.42 Å². The van der Waals surface area contributed by atoms with Gasteiger partial charge in [-0.15, -0.1) is 0 Å². The molecule has 22 heavy (non-hydrogen) atoms. The fraction of sp³-hybridized carbons (Fsp3) is 0.625. The molecule has 1 aromatic rings. The lowest BCUT2D eigenvalue weighted by molar-refractivity contribution is 0.0496. The minimum absolute atomic E-state index is 0.179. The van der Waals surface area contributed by atoms with Crippen molar-refractivity contribution in [3.05, 3.63) is 29.8 Å². The van der Waals surface area contributed by atoms with E-state index in [0.29, 0.717) is 24.6 Å². The van der Waals surface area contributed by atoms with Gasteiger partial charge in [0.05, 0.1) is 11.5 Å². The SMILES string of the molecule is COCCN1C(C)CN(S(=O)(=O)c2cccc(C)c2)CC1C. The van der Waals surface area contributed by atoms with Gasteiger partial charge in [-0.1, -0.05) is 12.1 Å². The van der Waals surface area contributed by atoms with E-state index in [2.05, 4.69) is 18.7 Å². The first-order valence-corrected chi connectivity index (χ1v) is 9.11. The molecule has 0 N–H and O–H groups in total. The average molecular weight is 326 g/mol. The number of ether oxygens (including phenoxy) is 1. The molecule has 0 amide bonds. The van der Waals surface area contributed by atoms with Crippen molar-refractivity contribution in [2.45, 2.75) is 37.8 Å². The molecule has 1 aromatic carbocycles. The van der Waals surface area contributed by atoms with E-state index >= 15 is 0 Å². The summed E-state index contributed by atoms with van der Waals surface area (Å²) >= 11 is 0. The van der Waals surface area contributed by atoms with Gasteiger partial charge in [0.2, 0.25) is 10.0 Å². The van der Waals surface area contributed by atoms with Gasteiger partial charge in [0.15, 0.2) is 0 Å². The number of hydrogen-bond acceptors (Lipinski definition) is 4. The summed E-state index contributed by atoms with van der Waals surface area (Å²) in [5.41, 5.74) is 0.959. The first-order valence-electron chi connectivity index (χ1n) is 7.67. The molecule has 0 bridgehead atoms. The van der Waals surface area contributed by atoms with Crippen LogP contribution in [0.15, 0.2) is 29.2 Å². The van der Waals surface area contributed by atoms with Crippen molar-refractivity contribution >= 4 is 10.0 Å². The largest absolute Gasteiger partial charge is 0.383 e. The summed E-state index contributed by atoms with van der Waals surface area (Å²) in [7, 11) is -1.73. The third-order valence-electron chi connectivity index (χ3n) is 4.25. The number of nitrogens with zero attached hydrogens (tertiary/aromatic N) is 2. The van der Waals surface area contributed by atoms with Gasteiger partial charge in [-0.05, 0) is 38.5 Å². The Morgan fingerprint density at radius 2 is 1.86 bits per heavy atom. The summed E-state index contributed by atoms with van der Waals surface area (Å²) in [4.78, 5) is 2.70. The monoisotopic (exact) mass is 326 g/mol. The molecule has 1 fully saturated rings. The van der Waals surface area contributed by atoms with Crippen LogP contribution in [0.3, 0.4) is 0 Å². The van der Waals surface area contributed by atoms with Gasteiger partial charge in [0, 0.05) is 38.8 Å². The van der Waals surface area contributed by atoms with E-state index in [1.54, 1.807) is 29.6 Å². The van der Waals surface area contributed by atoms with Gasteiger partial charge in [-0.3, -0.25) is 4.90 Å². The van der Waals surface area contributed by atoms with Crippen LogP contribution in [0.4, 0.5) is 0 Å². The second kappa shape index (κ2) is 7.08. The molecule has 1 saturated heterocycles. The summed E-state index contributed by atoms with van der Waals surface area (Å²) in [6, 6.07) is 7.48. The first kappa shape index (κ1) is 17.4. The number of rotatable bonds is 5. The van der Waals surface area contributed by atoms with Crippen LogP contribution < -0.4 is 0 Å². The summed E-state index contributed by atoms with van der Waals surface area (Å²) in [5, 5.41) is 0. The summed E-state index contributed by atoms with van der Waals surface area (Å²) in [5.74, 6) is 0. The molecule has 1 heterocycles. The van der Waals surface area contributed by atoms with Gasteiger partial charge in [0.1, 0.15) is 0 Å². The average Bonchev–Trinajstić information content (AvgIpc) is 2.46. The standard InChI is InChI=1S/C16H26N2O3S/c1-13-6-5-7-16(10-13)22(19,20)17-11-14(2)18(8-9-21-4)15(3)12-17/h5-7,10,14-15H,8-9,11-12H2,1-4H3. The third kappa shape index (κ3) is 3.68. The highest BCUT2D eigenvalue weighted by atomic mass is 32.2. The van der Waals surface area contributed by atoms with E-state index in [4.69, 9.17) is 4.74 Å². The zero-order valence-electron chi connectivity index (χ0n) is 13.8. The highest BCUT2D eigenvalue weighted by Crippen LogP contribution is 2.23. The normalized spacial score (nSPS) is 24.5. The Balaban J connectivity index is 2.17. The quantitative estimate of drug-likeness (QED) is 0.827. The lowest BCUT2D eigenvalue weighted by Gasteiger charge is -2.43. The number of benzene rings is 1. The van der Waals surface area contributed by atoms with E-state index in [-0.39, 0.29) is 12.1 Å². The van der Waals surface area contributed by atoms with E-state index in [0.717, 1.165) is 12.1 Å². The molecule has 124 valence electrons. The summed E-state index contributed by atoms with van der Waals surface area (Å²) in [6.45, 7) is 8.59. The van der Waals surface area contributed by atoms with Crippen molar-refractivity contribution in [1.82, 2.24) is 9.21 Å².